The van der Waals surface area contributed by atoms with E-state index in [1.54, 1.807) is 0 Å². The van der Waals surface area contributed by atoms with Crippen molar-refractivity contribution in [2.75, 3.05) is 13.6 Å². The lowest BCUT2D eigenvalue weighted by Gasteiger charge is -2.11. The van der Waals surface area contributed by atoms with Crippen LogP contribution in [0.2, 0.25) is 0 Å². The van der Waals surface area contributed by atoms with Gasteiger partial charge >= 0.3 is 0 Å². The first kappa shape index (κ1) is 8.73. The molecule has 1 aliphatic rings. The van der Waals surface area contributed by atoms with E-state index in [-0.39, 0.29) is 6.23 Å². The smallest absolute Gasteiger partial charge is 0.107 e. The molecule has 2 heteroatoms. The topological polar surface area (TPSA) is 23.5 Å². The molecule has 0 bridgehead atoms. The van der Waals surface area contributed by atoms with Crippen molar-refractivity contribution in [3.05, 3.63) is 35.9 Å². The van der Waals surface area contributed by atoms with E-state index >= 15 is 0 Å². The predicted octanol–water partition coefficient (Wildman–Crippen LogP) is 1.42. The first-order valence-corrected chi connectivity index (χ1v) is 4.70. The van der Waals surface area contributed by atoms with Crippen molar-refractivity contribution in [1.29, 1.82) is 0 Å². The van der Waals surface area contributed by atoms with E-state index in [2.05, 4.69) is 24.3 Å². The van der Waals surface area contributed by atoms with Crippen LogP contribution in [0, 0.1) is 0 Å². The molecule has 2 unspecified atom stereocenters. The number of likely N-dealkylation sites (tertiary alicyclic amines) is 1. The summed E-state index contributed by atoms with van der Waals surface area (Å²) in [5.41, 5.74) is 1.34. The largest absolute Gasteiger partial charge is 0.378 e. The Kier molecular flexibility index (Phi) is 2.34. The first-order valence-electron chi connectivity index (χ1n) is 4.70. The highest BCUT2D eigenvalue weighted by Gasteiger charge is 2.28. The summed E-state index contributed by atoms with van der Waals surface area (Å²) >= 11 is 0. The van der Waals surface area contributed by atoms with E-state index in [0.717, 1.165) is 13.0 Å². The van der Waals surface area contributed by atoms with Crippen LogP contribution in [-0.2, 0) is 0 Å². The summed E-state index contributed by atoms with van der Waals surface area (Å²) < 4.78 is 0. The fourth-order valence-corrected chi connectivity index (χ4v) is 1.94. The maximum absolute atomic E-state index is 9.56. The summed E-state index contributed by atoms with van der Waals surface area (Å²) in [7, 11) is 1.97. The second-order valence-corrected chi connectivity index (χ2v) is 3.76. The normalized spacial score (nSPS) is 29.4. The Hall–Kier alpha value is -0.860. The second-order valence-electron chi connectivity index (χ2n) is 3.76. The SMILES string of the molecule is CN1CC(c2ccccc2)CC1O. The zero-order valence-corrected chi connectivity index (χ0v) is 7.85. The molecule has 0 aromatic heterocycles. The number of hydrogen-bond donors (Lipinski definition) is 1. The predicted molar refractivity (Wildman–Crippen MR) is 52.4 cm³/mol. The number of nitrogens with zero attached hydrogens (tertiary/aromatic N) is 1. The molecular formula is C11H15NO. The van der Waals surface area contributed by atoms with Gasteiger partial charge in [-0.25, -0.2) is 0 Å². The molecule has 0 amide bonds. The molecule has 0 aliphatic carbocycles. The summed E-state index contributed by atoms with van der Waals surface area (Å²) in [5.74, 6) is 0.501. The van der Waals surface area contributed by atoms with Crippen LogP contribution in [0.1, 0.15) is 17.9 Å². The van der Waals surface area contributed by atoms with Gasteiger partial charge < -0.3 is 5.11 Å². The van der Waals surface area contributed by atoms with E-state index < -0.39 is 0 Å². The van der Waals surface area contributed by atoms with Crippen LogP contribution in [0.25, 0.3) is 0 Å². The average molecular weight is 177 g/mol. The van der Waals surface area contributed by atoms with Gasteiger partial charge in [-0.15, -0.1) is 0 Å². The van der Waals surface area contributed by atoms with Crippen molar-refractivity contribution >= 4 is 0 Å². The van der Waals surface area contributed by atoms with E-state index in [4.69, 9.17) is 0 Å². The van der Waals surface area contributed by atoms with Gasteiger partial charge in [0.1, 0.15) is 6.23 Å². The molecule has 13 heavy (non-hydrogen) atoms. The van der Waals surface area contributed by atoms with Gasteiger partial charge in [-0.05, 0) is 19.0 Å². The van der Waals surface area contributed by atoms with E-state index in [1.165, 1.54) is 5.56 Å². The summed E-state index contributed by atoms with van der Waals surface area (Å²) in [5, 5.41) is 9.56. The van der Waals surface area contributed by atoms with Crippen LogP contribution in [0.5, 0.6) is 0 Å². The average Bonchev–Trinajstić information content (AvgIpc) is 2.49. The van der Waals surface area contributed by atoms with E-state index in [0.29, 0.717) is 5.92 Å². The Labute approximate surface area is 78.8 Å². The summed E-state index contributed by atoms with van der Waals surface area (Å²) in [6.07, 6.45) is 0.603. The van der Waals surface area contributed by atoms with Gasteiger partial charge in [-0.2, -0.15) is 0 Å². The first-order chi connectivity index (χ1) is 6.27. The maximum atomic E-state index is 9.56. The van der Waals surface area contributed by atoms with Gasteiger partial charge in [0.05, 0.1) is 0 Å². The van der Waals surface area contributed by atoms with Crippen LogP contribution >= 0.6 is 0 Å². The van der Waals surface area contributed by atoms with Crippen LogP contribution in [0.3, 0.4) is 0 Å². The minimum Gasteiger partial charge on any atom is -0.378 e. The number of aliphatic hydroxyl groups excluding tert-OH is 1. The number of likely N-dealkylation sites (N-methyl/N-ethyl adjacent to an activating group) is 1. The van der Waals surface area contributed by atoms with Crippen molar-refractivity contribution in [1.82, 2.24) is 4.90 Å². The number of rotatable bonds is 1. The van der Waals surface area contributed by atoms with Crippen molar-refractivity contribution < 1.29 is 5.11 Å². The monoisotopic (exact) mass is 177 g/mol. The number of aliphatic hydroxyl groups is 1. The molecule has 1 aromatic rings. The Balaban J connectivity index is 2.12. The quantitative estimate of drug-likeness (QED) is 0.701. The lowest BCUT2D eigenvalue weighted by Crippen LogP contribution is -2.23. The minimum atomic E-state index is -0.259. The second kappa shape index (κ2) is 3.48. The van der Waals surface area contributed by atoms with Crippen molar-refractivity contribution in [2.45, 2.75) is 18.6 Å². The maximum Gasteiger partial charge on any atom is 0.107 e. The third-order valence-electron chi connectivity index (χ3n) is 2.78. The van der Waals surface area contributed by atoms with Gasteiger partial charge in [0, 0.05) is 12.5 Å². The van der Waals surface area contributed by atoms with Gasteiger partial charge in [0.15, 0.2) is 0 Å². The van der Waals surface area contributed by atoms with Crippen molar-refractivity contribution in [2.24, 2.45) is 0 Å². The third kappa shape index (κ3) is 1.74. The van der Waals surface area contributed by atoms with Gasteiger partial charge in [-0.1, -0.05) is 30.3 Å². The molecule has 0 radical (unpaired) electrons. The standard InChI is InChI=1S/C11H15NO/c1-12-8-10(7-11(12)13)9-5-3-2-4-6-9/h2-6,10-11,13H,7-8H2,1H3. The molecule has 1 N–H and O–H groups in total. The van der Waals surface area contributed by atoms with Crippen LogP contribution in [0.15, 0.2) is 30.3 Å². The van der Waals surface area contributed by atoms with Crippen LogP contribution < -0.4 is 0 Å². The molecular weight excluding hydrogens is 162 g/mol. The summed E-state index contributed by atoms with van der Waals surface area (Å²) in [4.78, 5) is 2.00. The molecule has 1 aromatic carbocycles. The molecule has 2 nitrogen and oxygen atoms in total. The Morgan fingerprint density at radius 3 is 2.54 bits per heavy atom. The molecule has 1 saturated heterocycles. The highest BCUT2D eigenvalue weighted by Crippen LogP contribution is 2.28. The lowest BCUT2D eigenvalue weighted by atomic mass is 9.98. The zero-order valence-electron chi connectivity index (χ0n) is 7.85. The minimum absolute atomic E-state index is 0.259. The van der Waals surface area contributed by atoms with Crippen molar-refractivity contribution in [3.8, 4) is 0 Å². The summed E-state index contributed by atoms with van der Waals surface area (Å²) in [6, 6.07) is 10.4. The fraction of sp³-hybridized carbons (Fsp3) is 0.455. The number of benzene rings is 1. The Morgan fingerprint density at radius 2 is 2.00 bits per heavy atom. The molecule has 1 aliphatic heterocycles. The molecule has 2 rings (SSSR count). The zero-order chi connectivity index (χ0) is 9.26. The molecule has 0 saturated carbocycles. The van der Waals surface area contributed by atoms with Gasteiger partial charge in [-0.3, -0.25) is 4.90 Å². The van der Waals surface area contributed by atoms with Gasteiger partial charge in [0.2, 0.25) is 0 Å². The molecule has 70 valence electrons. The van der Waals surface area contributed by atoms with Crippen LogP contribution in [0.4, 0.5) is 0 Å². The molecule has 0 spiro atoms. The van der Waals surface area contributed by atoms with Gasteiger partial charge in [0.25, 0.3) is 0 Å². The van der Waals surface area contributed by atoms with E-state index in [9.17, 15) is 5.11 Å². The number of hydrogen-bond acceptors (Lipinski definition) is 2. The Bertz CT molecular complexity index is 263. The Morgan fingerprint density at radius 1 is 1.31 bits per heavy atom. The van der Waals surface area contributed by atoms with Crippen molar-refractivity contribution in [3.63, 3.8) is 0 Å². The molecule has 1 heterocycles. The fourth-order valence-electron chi connectivity index (χ4n) is 1.94. The lowest BCUT2D eigenvalue weighted by molar-refractivity contribution is 0.0573. The van der Waals surface area contributed by atoms with Crippen LogP contribution in [-0.4, -0.2) is 29.8 Å². The molecule has 2 atom stereocenters. The third-order valence-corrected chi connectivity index (χ3v) is 2.78. The molecule has 1 fully saturated rings. The highest BCUT2D eigenvalue weighted by molar-refractivity contribution is 5.21. The highest BCUT2D eigenvalue weighted by atomic mass is 16.3. The summed E-state index contributed by atoms with van der Waals surface area (Å²) in [6.45, 7) is 0.963. The van der Waals surface area contributed by atoms with E-state index in [1.807, 2.05) is 18.0 Å².